The van der Waals surface area contributed by atoms with Crippen LogP contribution in [0.3, 0.4) is 0 Å². The Kier molecular flexibility index (Phi) is 5.00. The molecule has 4 rings (SSSR count). The van der Waals surface area contributed by atoms with Crippen molar-refractivity contribution in [3.63, 3.8) is 0 Å². The molecule has 0 N–H and O–H groups in total. The third kappa shape index (κ3) is 3.90. The lowest BCUT2D eigenvalue weighted by Gasteiger charge is -2.26. The molecule has 1 unspecified atom stereocenters. The number of halogens is 1. The van der Waals surface area contributed by atoms with Gasteiger partial charge in [-0.3, -0.25) is 9.88 Å². The highest BCUT2D eigenvalue weighted by molar-refractivity contribution is 5.37. The summed E-state index contributed by atoms with van der Waals surface area (Å²) < 4.78 is 25.5. The number of likely N-dealkylation sites (tertiary alicyclic amines) is 1. The van der Waals surface area contributed by atoms with E-state index in [1.807, 2.05) is 20.8 Å². The zero-order valence-electron chi connectivity index (χ0n) is 16.2. The minimum Gasteiger partial charge on any atom is -0.484 e. The van der Waals surface area contributed by atoms with Crippen LogP contribution in [0.5, 0.6) is 11.6 Å². The van der Waals surface area contributed by atoms with E-state index >= 15 is 0 Å². The summed E-state index contributed by atoms with van der Waals surface area (Å²) in [5, 5.41) is 0. The lowest BCUT2D eigenvalue weighted by atomic mass is 9.98. The number of ether oxygens (including phenoxy) is 2. The quantitative estimate of drug-likeness (QED) is 0.821. The molecular formula is C21H26FN3O2. The van der Waals surface area contributed by atoms with Crippen molar-refractivity contribution in [2.75, 3.05) is 26.3 Å². The van der Waals surface area contributed by atoms with Crippen LogP contribution in [0.25, 0.3) is 0 Å². The molecule has 2 aromatic heterocycles. The van der Waals surface area contributed by atoms with Gasteiger partial charge in [-0.1, -0.05) is 0 Å². The molecule has 2 aliphatic rings. The van der Waals surface area contributed by atoms with Gasteiger partial charge in [0, 0.05) is 24.0 Å². The van der Waals surface area contributed by atoms with Crippen molar-refractivity contribution in [1.29, 1.82) is 0 Å². The van der Waals surface area contributed by atoms with Gasteiger partial charge in [0.2, 0.25) is 0 Å². The molecule has 0 bridgehead atoms. The number of hydrogen-bond donors (Lipinski definition) is 0. The number of pyridine rings is 2. The molecule has 0 spiro atoms. The zero-order valence-corrected chi connectivity index (χ0v) is 16.2. The summed E-state index contributed by atoms with van der Waals surface area (Å²) in [5.74, 6) is 1.05. The Hall–Kier alpha value is -2.21. The van der Waals surface area contributed by atoms with Gasteiger partial charge in [-0.2, -0.15) is 0 Å². The van der Waals surface area contributed by atoms with Gasteiger partial charge in [-0.25, -0.2) is 9.37 Å². The van der Waals surface area contributed by atoms with Crippen LogP contribution in [0.4, 0.5) is 4.39 Å². The fourth-order valence-electron chi connectivity index (χ4n) is 4.18. The van der Waals surface area contributed by atoms with E-state index in [-0.39, 0.29) is 11.9 Å². The normalized spacial score (nSPS) is 20.7. The number of fused-ring (bicyclic) bond motifs is 1. The van der Waals surface area contributed by atoms with Gasteiger partial charge in [0.05, 0.1) is 11.7 Å². The largest absolute Gasteiger partial charge is 0.484 e. The summed E-state index contributed by atoms with van der Waals surface area (Å²) in [6.45, 7) is 8.87. The van der Waals surface area contributed by atoms with Crippen molar-refractivity contribution >= 4 is 0 Å². The number of rotatable bonds is 4. The van der Waals surface area contributed by atoms with Gasteiger partial charge in [0.15, 0.2) is 5.75 Å². The highest BCUT2D eigenvalue weighted by atomic mass is 19.1. The standard InChI is InChI=1S/C21H26FN3O2/c1-13-8-17(9-14(2)23-13)10-16-4-5-25(12-16)15(3)20-18(22)11-19-21(24-20)27-7-6-26-19/h8-9,11,15-16H,4-7,10,12H2,1-3H3/t15?,16-/m0/s1. The van der Waals surface area contributed by atoms with E-state index in [2.05, 4.69) is 27.0 Å². The first-order chi connectivity index (χ1) is 13.0. The summed E-state index contributed by atoms with van der Waals surface area (Å²) >= 11 is 0. The molecule has 4 heterocycles. The second-order valence-electron chi connectivity index (χ2n) is 7.64. The van der Waals surface area contributed by atoms with E-state index in [1.165, 1.54) is 11.6 Å². The zero-order chi connectivity index (χ0) is 19.0. The minimum absolute atomic E-state index is 0.0910. The summed E-state index contributed by atoms with van der Waals surface area (Å²) in [6, 6.07) is 5.65. The fraction of sp³-hybridized carbons (Fsp3) is 0.524. The third-order valence-corrected chi connectivity index (χ3v) is 5.44. The molecule has 0 radical (unpaired) electrons. The van der Waals surface area contributed by atoms with Crippen molar-refractivity contribution in [2.45, 2.75) is 39.7 Å². The predicted octanol–water partition coefficient (Wildman–Crippen LogP) is 3.63. The lowest BCUT2D eigenvalue weighted by Crippen LogP contribution is -2.27. The SMILES string of the molecule is Cc1cc(C[C@@H]2CCN(C(C)c3nc4c(cc3F)OCCO4)C2)cc(C)n1. The molecule has 5 nitrogen and oxygen atoms in total. The van der Waals surface area contributed by atoms with Gasteiger partial charge < -0.3 is 9.47 Å². The average Bonchev–Trinajstić information content (AvgIpc) is 3.08. The Morgan fingerprint density at radius 3 is 2.67 bits per heavy atom. The van der Waals surface area contributed by atoms with Crippen molar-refractivity contribution < 1.29 is 13.9 Å². The average molecular weight is 371 g/mol. The van der Waals surface area contributed by atoms with Crippen molar-refractivity contribution in [3.05, 3.63) is 46.7 Å². The van der Waals surface area contributed by atoms with Crippen LogP contribution in [0.2, 0.25) is 0 Å². The molecule has 1 saturated heterocycles. The van der Waals surface area contributed by atoms with Crippen LogP contribution in [0.15, 0.2) is 18.2 Å². The predicted molar refractivity (Wildman–Crippen MR) is 101 cm³/mol. The van der Waals surface area contributed by atoms with E-state index in [9.17, 15) is 4.39 Å². The van der Waals surface area contributed by atoms with Crippen LogP contribution >= 0.6 is 0 Å². The Morgan fingerprint density at radius 2 is 1.89 bits per heavy atom. The van der Waals surface area contributed by atoms with E-state index < -0.39 is 0 Å². The summed E-state index contributed by atoms with van der Waals surface area (Å²) in [4.78, 5) is 11.2. The van der Waals surface area contributed by atoms with Crippen molar-refractivity contribution in [2.24, 2.45) is 5.92 Å². The molecule has 6 heteroatoms. The monoisotopic (exact) mass is 371 g/mol. The van der Waals surface area contributed by atoms with E-state index in [0.717, 1.165) is 37.3 Å². The van der Waals surface area contributed by atoms with Crippen LogP contribution in [0, 0.1) is 25.6 Å². The minimum atomic E-state index is -0.324. The second kappa shape index (κ2) is 7.43. The Labute approximate surface area is 159 Å². The van der Waals surface area contributed by atoms with E-state index in [1.54, 1.807) is 0 Å². The summed E-state index contributed by atoms with van der Waals surface area (Å²) in [5.41, 5.74) is 3.91. The third-order valence-electron chi connectivity index (χ3n) is 5.44. The van der Waals surface area contributed by atoms with Gasteiger partial charge in [-0.15, -0.1) is 0 Å². The molecule has 1 fully saturated rings. The number of nitrogens with zero attached hydrogens (tertiary/aromatic N) is 3. The fourth-order valence-corrected chi connectivity index (χ4v) is 4.18. The molecule has 2 aliphatic heterocycles. The lowest BCUT2D eigenvalue weighted by molar-refractivity contribution is 0.160. The van der Waals surface area contributed by atoms with Crippen molar-refractivity contribution in [3.8, 4) is 11.6 Å². The van der Waals surface area contributed by atoms with Gasteiger partial charge in [0.25, 0.3) is 5.88 Å². The van der Waals surface area contributed by atoms with E-state index in [0.29, 0.717) is 36.5 Å². The maximum Gasteiger partial charge on any atom is 0.257 e. The maximum absolute atomic E-state index is 14.6. The molecule has 2 atom stereocenters. The smallest absolute Gasteiger partial charge is 0.257 e. The van der Waals surface area contributed by atoms with Crippen LogP contribution in [-0.4, -0.2) is 41.2 Å². The van der Waals surface area contributed by atoms with Crippen molar-refractivity contribution in [1.82, 2.24) is 14.9 Å². The highest BCUT2D eigenvalue weighted by Gasteiger charge is 2.30. The molecule has 2 aromatic rings. The number of hydrogen-bond acceptors (Lipinski definition) is 5. The van der Waals surface area contributed by atoms with Gasteiger partial charge in [0.1, 0.15) is 19.0 Å². The molecule has 0 aliphatic carbocycles. The maximum atomic E-state index is 14.6. The van der Waals surface area contributed by atoms with Crippen LogP contribution in [-0.2, 0) is 6.42 Å². The Bertz CT molecular complexity index is 822. The topological polar surface area (TPSA) is 47.5 Å². The first kappa shape index (κ1) is 18.2. The second-order valence-corrected chi connectivity index (χ2v) is 7.64. The van der Waals surface area contributed by atoms with Crippen LogP contribution < -0.4 is 9.47 Å². The number of aromatic nitrogens is 2. The molecule has 144 valence electrons. The first-order valence-electron chi connectivity index (χ1n) is 9.64. The van der Waals surface area contributed by atoms with Crippen LogP contribution in [0.1, 0.15) is 42.0 Å². The molecule has 27 heavy (non-hydrogen) atoms. The first-order valence-corrected chi connectivity index (χ1v) is 9.64. The molecule has 0 amide bonds. The van der Waals surface area contributed by atoms with Gasteiger partial charge in [-0.05, 0) is 63.8 Å². The van der Waals surface area contributed by atoms with E-state index in [4.69, 9.17) is 9.47 Å². The molecular weight excluding hydrogens is 345 g/mol. The Balaban J connectivity index is 1.45. The highest BCUT2D eigenvalue weighted by Crippen LogP contribution is 2.35. The molecule has 0 saturated carbocycles. The summed E-state index contributed by atoms with van der Waals surface area (Å²) in [7, 11) is 0. The Morgan fingerprint density at radius 1 is 1.15 bits per heavy atom. The summed E-state index contributed by atoms with van der Waals surface area (Å²) in [6.07, 6.45) is 2.14. The molecule has 0 aromatic carbocycles. The van der Waals surface area contributed by atoms with Gasteiger partial charge >= 0.3 is 0 Å². The number of aryl methyl sites for hydroxylation is 2.